The van der Waals surface area contributed by atoms with E-state index in [1.54, 1.807) is 7.11 Å². The fourth-order valence-corrected chi connectivity index (χ4v) is 6.68. The summed E-state index contributed by atoms with van der Waals surface area (Å²) in [5.74, 6) is 1.85. The maximum Gasteiger partial charge on any atom is 0.119 e. The lowest BCUT2D eigenvalue weighted by atomic mass is 9.85. The van der Waals surface area contributed by atoms with Gasteiger partial charge in [-0.25, -0.2) is 0 Å². The Morgan fingerprint density at radius 2 is 1.69 bits per heavy atom. The number of hydrogen-bond acceptors (Lipinski definition) is 2. The molecule has 0 saturated carbocycles. The molecule has 3 aromatic carbocycles. The van der Waals surface area contributed by atoms with Crippen molar-refractivity contribution >= 4 is 11.1 Å². The molecular formula is C33H36FNO. The summed E-state index contributed by atoms with van der Waals surface area (Å²) in [6.45, 7) is 5.02. The normalized spacial score (nSPS) is 20.0. The zero-order valence-corrected chi connectivity index (χ0v) is 21.5. The van der Waals surface area contributed by atoms with Crippen LogP contribution in [-0.2, 0) is 19.3 Å². The number of fused-ring (bicyclic) bond motifs is 2. The van der Waals surface area contributed by atoms with Crippen molar-refractivity contribution in [3.05, 3.63) is 99.6 Å². The molecule has 1 unspecified atom stereocenters. The summed E-state index contributed by atoms with van der Waals surface area (Å²) in [5, 5.41) is 0. The zero-order valence-electron chi connectivity index (χ0n) is 21.5. The van der Waals surface area contributed by atoms with Crippen LogP contribution in [-0.4, -0.2) is 38.3 Å². The van der Waals surface area contributed by atoms with E-state index >= 15 is 0 Å². The van der Waals surface area contributed by atoms with E-state index in [0.717, 1.165) is 57.5 Å². The maximum absolute atomic E-state index is 12.9. The average molecular weight is 482 g/mol. The predicted molar refractivity (Wildman–Crippen MR) is 146 cm³/mol. The van der Waals surface area contributed by atoms with E-state index in [1.807, 2.05) is 0 Å². The highest BCUT2D eigenvalue weighted by Crippen LogP contribution is 2.43. The molecule has 1 heterocycles. The molecule has 3 aromatic rings. The van der Waals surface area contributed by atoms with Crippen LogP contribution < -0.4 is 4.74 Å². The van der Waals surface area contributed by atoms with E-state index in [2.05, 4.69) is 72.5 Å². The van der Waals surface area contributed by atoms with E-state index < -0.39 is 0 Å². The molecule has 0 N–H and O–H groups in total. The summed E-state index contributed by atoms with van der Waals surface area (Å²) in [5.41, 5.74) is 12.6. The Balaban J connectivity index is 1.39. The number of alkyl halides is 1. The van der Waals surface area contributed by atoms with Crippen molar-refractivity contribution in [2.75, 3.05) is 33.4 Å². The third-order valence-corrected chi connectivity index (χ3v) is 8.51. The van der Waals surface area contributed by atoms with Crippen molar-refractivity contribution < 1.29 is 9.13 Å². The monoisotopic (exact) mass is 481 g/mol. The van der Waals surface area contributed by atoms with Crippen molar-refractivity contribution in [2.45, 2.75) is 39.0 Å². The molecule has 0 spiro atoms. The van der Waals surface area contributed by atoms with Crippen LogP contribution in [0.5, 0.6) is 5.75 Å². The van der Waals surface area contributed by atoms with Gasteiger partial charge in [-0.15, -0.1) is 0 Å². The van der Waals surface area contributed by atoms with Crippen LogP contribution in [0.3, 0.4) is 0 Å². The molecule has 1 aliphatic heterocycles. The molecule has 3 heteroatoms. The Hall–Kier alpha value is -2.91. The summed E-state index contributed by atoms with van der Waals surface area (Å²) < 4.78 is 18.5. The SMILES string of the molecule is COc1ccc2c(c1)CCCC(c1ccccc1C)=C2c1ccc2c(c1)CC(CN1CC(CF)C1)C2. The highest BCUT2D eigenvalue weighted by Gasteiger charge is 2.31. The summed E-state index contributed by atoms with van der Waals surface area (Å²) in [6, 6.07) is 22.7. The van der Waals surface area contributed by atoms with Gasteiger partial charge in [-0.2, -0.15) is 0 Å². The van der Waals surface area contributed by atoms with Crippen LogP contribution in [0.4, 0.5) is 4.39 Å². The number of methoxy groups -OCH3 is 1. The van der Waals surface area contributed by atoms with Crippen LogP contribution in [0.1, 0.15) is 51.8 Å². The molecule has 1 saturated heterocycles. The number of likely N-dealkylation sites (tertiary alicyclic amines) is 1. The van der Waals surface area contributed by atoms with E-state index in [0.29, 0.717) is 5.92 Å². The van der Waals surface area contributed by atoms with Gasteiger partial charge in [0, 0.05) is 25.6 Å². The minimum atomic E-state index is -0.170. The second-order valence-electron chi connectivity index (χ2n) is 11.0. The standard InChI is InChI=1S/C33H36FNO/c1-22-6-3-4-8-30(22)32-9-5-7-26-17-29(36-2)12-13-31(26)33(32)27-11-10-25-14-23(15-28(25)16-27)19-35-20-24(18-34)21-35/h3-4,6,8,10-13,16-17,23-24H,5,7,9,14-15,18-21H2,1-2H3. The molecule has 1 atom stereocenters. The Morgan fingerprint density at radius 3 is 2.50 bits per heavy atom. The van der Waals surface area contributed by atoms with Crippen molar-refractivity contribution in [1.29, 1.82) is 0 Å². The van der Waals surface area contributed by atoms with Gasteiger partial charge >= 0.3 is 0 Å². The minimum Gasteiger partial charge on any atom is -0.497 e. The van der Waals surface area contributed by atoms with Gasteiger partial charge in [0.05, 0.1) is 13.8 Å². The van der Waals surface area contributed by atoms with Crippen molar-refractivity contribution in [2.24, 2.45) is 11.8 Å². The van der Waals surface area contributed by atoms with Gasteiger partial charge in [-0.1, -0.05) is 48.5 Å². The third kappa shape index (κ3) is 4.39. The molecule has 186 valence electrons. The molecule has 6 rings (SSSR count). The number of ether oxygens (including phenoxy) is 1. The molecular weight excluding hydrogens is 445 g/mol. The van der Waals surface area contributed by atoms with Crippen LogP contribution in [0.25, 0.3) is 11.1 Å². The highest BCUT2D eigenvalue weighted by atomic mass is 19.1. The van der Waals surface area contributed by atoms with Gasteiger partial charge < -0.3 is 9.64 Å². The molecule has 2 nitrogen and oxygen atoms in total. The van der Waals surface area contributed by atoms with Gasteiger partial charge in [-0.05, 0) is 107 Å². The molecule has 36 heavy (non-hydrogen) atoms. The first-order chi connectivity index (χ1) is 17.6. The van der Waals surface area contributed by atoms with Gasteiger partial charge in [0.25, 0.3) is 0 Å². The molecule has 0 bridgehead atoms. The van der Waals surface area contributed by atoms with Gasteiger partial charge in [0.1, 0.15) is 5.75 Å². The summed E-state index contributed by atoms with van der Waals surface area (Å²) in [4.78, 5) is 2.44. The number of allylic oxidation sites excluding steroid dienone is 1. The van der Waals surface area contributed by atoms with E-state index in [-0.39, 0.29) is 12.6 Å². The van der Waals surface area contributed by atoms with Crippen molar-refractivity contribution in [1.82, 2.24) is 4.90 Å². The summed E-state index contributed by atoms with van der Waals surface area (Å²) in [6.07, 6.45) is 5.54. The van der Waals surface area contributed by atoms with Crippen molar-refractivity contribution in [3.63, 3.8) is 0 Å². The van der Waals surface area contributed by atoms with Crippen LogP contribution in [0.2, 0.25) is 0 Å². The van der Waals surface area contributed by atoms with Crippen LogP contribution in [0.15, 0.2) is 60.7 Å². The fourth-order valence-electron chi connectivity index (χ4n) is 6.68. The molecule has 2 aliphatic carbocycles. The topological polar surface area (TPSA) is 12.5 Å². The Morgan fingerprint density at radius 1 is 0.861 bits per heavy atom. The van der Waals surface area contributed by atoms with Crippen LogP contribution in [0, 0.1) is 18.8 Å². The van der Waals surface area contributed by atoms with Crippen LogP contribution >= 0.6 is 0 Å². The zero-order chi connectivity index (χ0) is 24.6. The lowest BCUT2D eigenvalue weighted by molar-refractivity contribution is 0.0662. The van der Waals surface area contributed by atoms with Crippen molar-refractivity contribution in [3.8, 4) is 5.75 Å². The predicted octanol–water partition coefficient (Wildman–Crippen LogP) is 6.92. The number of aryl methyl sites for hydroxylation is 2. The Labute approximate surface area is 214 Å². The smallest absolute Gasteiger partial charge is 0.119 e. The second kappa shape index (κ2) is 9.86. The van der Waals surface area contributed by atoms with Gasteiger partial charge in [-0.3, -0.25) is 4.39 Å². The van der Waals surface area contributed by atoms with E-state index in [9.17, 15) is 4.39 Å². The molecule has 0 aromatic heterocycles. The largest absolute Gasteiger partial charge is 0.497 e. The highest BCUT2D eigenvalue weighted by molar-refractivity contribution is 6.00. The lowest BCUT2D eigenvalue weighted by Crippen LogP contribution is -2.49. The van der Waals surface area contributed by atoms with Gasteiger partial charge in [0.15, 0.2) is 0 Å². The first-order valence-corrected chi connectivity index (χ1v) is 13.5. The first-order valence-electron chi connectivity index (χ1n) is 13.5. The summed E-state index contributed by atoms with van der Waals surface area (Å²) in [7, 11) is 1.75. The van der Waals surface area contributed by atoms with E-state index in [4.69, 9.17) is 4.74 Å². The Bertz CT molecular complexity index is 1300. The quantitative estimate of drug-likeness (QED) is 0.379. The number of hydrogen-bond donors (Lipinski definition) is 0. The minimum absolute atomic E-state index is 0.170. The summed E-state index contributed by atoms with van der Waals surface area (Å²) >= 11 is 0. The third-order valence-electron chi connectivity index (χ3n) is 8.51. The lowest BCUT2D eigenvalue weighted by Gasteiger charge is -2.39. The first kappa shape index (κ1) is 23.5. The molecule has 1 fully saturated rings. The Kier molecular flexibility index (Phi) is 6.43. The molecule has 0 amide bonds. The second-order valence-corrected chi connectivity index (χ2v) is 11.0. The number of nitrogens with zero attached hydrogens (tertiary/aromatic N) is 1. The number of rotatable bonds is 6. The van der Waals surface area contributed by atoms with Gasteiger partial charge in [0.2, 0.25) is 0 Å². The maximum atomic E-state index is 12.9. The number of halogens is 1. The number of benzene rings is 3. The molecule has 3 aliphatic rings. The fraction of sp³-hybridized carbons (Fsp3) is 0.394. The molecule has 0 radical (unpaired) electrons. The average Bonchev–Trinajstić information content (AvgIpc) is 3.18. The van der Waals surface area contributed by atoms with E-state index in [1.165, 1.54) is 50.1 Å².